The fourth-order valence-corrected chi connectivity index (χ4v) is 4.35. The van der Waals surface area contributed by atoms with Crippen molar-refractivity contribution in [1.29, 1.82) is 0 Å². The highest BCUT2D eigenvalue weighted by molar-refractivity contribution is 5.91. The van der Waals surface area contributed by atoms with Gasteiger partial charge in [-0.05, 0) is 62.2 Å². The molecule has 0 aromatic heterocycles. The molecule has 2 aliphatic rings. The zero-order valence-corrected chi connectivity index (χ0v) is 20.5. The summed E-state index contributed by atoms with van der Waals surface area (Å²) < 4.78 is 23.0. The third-order valence-electron chi connectivity index (χ3n) is 6.01. The first-order valence-corrected chi connectivity index (χ1v) is 11.6. The second kappa shape index (κ2) is 9.62. The molecule has 1 saturated heterocycles. The molecule has 2 aliphatic heterocycles. The van der Waals surface area contributed by atoms with Crippen LogP contribution in [0.2, 0.25) is 0 Å². The molecule has 35 heavy (non-hydrogen) atoms. The maximum absolute atomic E-state index is 12.6. The van der Waals surface area contributed by atoms with E-state index in [4.69, 9.17) is 18.9 Å². The Balaban J connectivity index is 1.69. The third-order valence-corrected chi connectivity index (χ3v) is 6.01. The highest BCUT2D eigenvalue weighted by Gasteiger charge is 2.41. The number of hydrogen-bond donors (Lipinski definition) is 1. The van der Waals surface area contributed by atoms with Crippen LogP contribution in [-0.2, 0) is 9.47 Å². The SMILES string of the molecule is COCOc1cccc2c1C(c1ccc(C(=O)O)cc1)=CC1(CCN(C(=O)OC(C)(C)C)CC1)O2. The second-order valence-corrected chi connectivity index (χ2v) is 9.75. The molecule has 0 saturated carbocycles. The summed E-state index contributed by atoms with van der Waals surface area (Å²) in [5, 5.41) is 9.31. The van der Waals surface area contributed by atoms with Gasteiger partial charge in [0.25, 0.3) is 0 Å². The van der Waals surface area contributed by atoms with Gasteiger partial charge in [0.15, 0.2) is 6.79 Å². The number of rotatable bonds is 5. The van der Waals surface area contributed by atoms with E-state index in [1.807, 2.05) is 39.0 Å². The fraction of sp³-hybridized carbons (Fsp3) is 0.407. The first kappa shape index (κ1) is 24.6. The van der Waals surface area contributed by atoms with Crippen LogP contribution in [0.4, 0.5) is 4.79 Å². The molecule has 0 bridgehead atoms. The summed E-state index contributed by atoms with van der Waals surface area (Å²) in [6.45, 7) is 6.62. The summed E-state index contributed by atoms with van der Waals surface area (Å²) >= 11 is 0. The number of likely N-dealkylation sites (tertiary alicyclic amines) is 1. The normalized spacial score (nSPS) is 16.7. The number of piperidine rings is 1. The first-order chi connectivity index (χ1) is 16.6. The highest BCUT2D eigenvalue weighted by Crippen LogP contribution is 2.47. The number of carbonyl (C=O) groups excluding carboxylic acids is 1. The second-order valence-electron chi connectivity index (χ2n) is 9.75. The van der Waals surface area contributed by atoms with Gasteiger partial charge in [-0.2, -0.15) is 0 Å². The number of methoxy groups -OCH3 is 1. The number of aromatic carboxylic acids is 1. The first-order valence-electron chi connectivity index (χ1n) is 11.6. The minimum Gasteiger partial charge on any atom is -0.482 e. The highest BCUT2D eigenvalue weighted by atomic mass is 16.7. The number of nitrogens with zero attached hydrogens (tertiary/aromatic N) is 1. The lowest BCUT2D eigenvalue weighted by Gasteiger charge is -2.43. The molecule has 8 heteroatoms. The van der Waals surface area contributed by atoms with Gasteiger partial charge in [-0.3, -0.25) is 0 Å². The molecule has 186 valence electrons. The van der Waals surface area contributed by atoms with E-state index in [0.29, 0.717) is 37.4 Å². The summed E-state index contributed by atoms with van der Waals surface area (Å²) in [4.78, 5) is 25.6. The zero-order valence-electron chi connectivity index (χ0n) is 20.5. The number of carboxylic acids is 1. The lowest BCUT2D eigenvalue weighted by molar-refractivity contribution is -0.00137. The van der Waals surface area contributed by atoms with Gasteiger partial charge in [0.1, 0.15) is 22.7 Å². The summed E-state index contributed by atoms with van der Waals surface area (Å²) in [5.74, 6) is 0.302. The summed E-state index contributed by atoms with van der Waals surface area (Å²) in [6.07, 6.45) is 2.93. The molecule has 1 N–H and O–H groups in total. The molecule has 8 nitrogen and oxygen atoms in total. The summed E-state index contributed by atoms with van der Waals surface area (Å²) in [7, 11) is 1.56. The van der Waals surface area contributed by atoms with Crippen molar-refractivity contribution in [3.05, 3.63) is 65.2 Å². The van der Waals surface area contributed by atoms with Crippen LogP contribution in [0, 0.1) is 0 Å². The van der Waals surface area contributed by atoms with Crippen molar-refractivity contribution in [1.82, 2.24) is 4.90 Å². The van der Waals surface area contributed by atoms with Crippen molar-refractivity contribution in [2.45, 2.75) is 44.8 Å². The average Bonchev–Trinajstić information content (AvgIpc) is 2.81. The Hall–Kier alpha value is -3.52. The Morgan fingerprint density at radius 1 is 1.09 bits per heavy atom. The zero-order chi connectivity index (χ0) is 25.2. The van der Waals surface area contributed by atoms with Gasteiger partial charge < -0.3 is 29.0 Å². The molecule has 1 fully saturated rings. The average molecular weight is 482 g/mol. The maximum Gasteiger partial charge on any atom is 0.410 e. The smallest absolute Gasteiger partial charge is 0.410 e. The monoisotopic (exact) mass is 481 g/mol. The molecule has 4 rings (SSSR count). The Bertz CT molecular complexity index is 1120. The van der Waals surface area contributed by atoms with E-state index in [1.165, 1.54) is 0 Å². The van der Waals surface area contributed by atoms with E-state index in [1.54, 1.807) is 36.3 Å². The van der Waals surface area contributed by atoms with E-state index >= 15 is 0 Å². The molecule has 2 aromatic carbocycles. The van der Waals surface area contributed by atoms with Crippen LogP contribution < -0.4 is 9.47 Å². The number of carbonyl (C=O) groups is 2. The molecule has 1 amide bonds. The lowest BCUT2D eigenvalue weighted by Crippen LogP contribution is -2.50. The van der Waals surface area contributed by atoms with E-state index in [-0.39, 0.29) is 18.4 Å². The van der Waals surface area contributed by atoms with Crippen LogP contribution in [-0.4, -0.2) is 60.3 Å². The molecule has 0 atom stereocenters. The quantitative estimate of drug-likeness (QED) is 0.603. The third kappa shape index (κ3) is 5.43. The Morgan fingerprint density at radius 2 is 1.77 bits per heavy atom. The minimum atomic E-state index is -0.979. The molecule has 0 radical (unpaired) electrons. The Kier molecular flexibility index (Phi) is 6.76. The van der Waals surface area contributed by atoms with Crippen LogP contribution in [0.15, 0.2) is 48.5 Å². The maximum atomic E-state index is 12.6. The number of amides is 1. The number of benzene rings is 2. The molecule has 2 heterocycles. The van der Waals surface area contributed by atoms with Crippen LogP contribution >= 0.6 is 0 Å². The fourth-order valence-electron chi connectivity index (χ4n) is 4.35. The lowest BCUT2D eigenvalue weighted by atomic mass is 9.82. The van der Waals surface area contributed by atoms with Crippen molar-refractivity contribution in [2.24, 2.45) is 0 Å². The van der Waals surface area contributed by atoms with Crippen molar-refractivity contribution in [3.8, 4) is 11.5 Å². The van der Waals surface area contributed by atoms with E-state index < -0.39 is 17.2 Å². The molecule has 0 aliphatic carbocycles. The Labute approximate surface area is 205 Å². The van der Waals surface area contributed by atoms with Crippen molar-refractivity contribution < 1.29 is 33.6 Å². The van der Waals surface area contributed by atoms with Crippen molar-refractivity contribution >= 4 is 17.6 Å². The van der Waals surface area contributed by atoms with Gasteiger partial charge in [0.2, 0.25) is 0 Å². The largest absolute Gasteiger partial charge is 0.482 e. The van der Waals surface area contributed by atoms with Crippen LogP contribution in [0.3, 0.4) is 0 Å². The topological polar surface area (TPSA) is 94.5 Å². The van der Waals surface area contributed by atoms with Crippen LogP contribution in [0.1, 0.15) is 55.1 Å². The molecule has 2 aromatic rings. The van der Waals surface area contributed by atoms with Gasteiger partial charge in [0, 0.05) is 33.0 Å². The van der Waals surface area contributed by atoms with Crippen molar-refractivity contribution in [3.63, 3.8) is 0 Å². The van der Waals surface area contributed by atoms with E-state index in [0.717, 1.165) is 16.7 Å². The van der Waals surface area contributed by atoms with E-state index in [9.17, 15) is 14.7 Å². The number of ether oxygens (including phenoxy) is 4. The predicted molar refractivity (Wildman–Crippen MR) is 130 cm³/mol. The molecular weight excluding hydrogens is 450 g/mol. The number of hydrogen-bond acceptors (Lipinski definition) is 6. The van der Waals surface area contributed by atoms with Crippen LogP contribution in [0.25, 0.3) is 5.57 Å². The number of carboxylic acid groups (broad SMARTS) is 1. The van der Waals surface area contributed by atoms with Gasteiger partial charge in [-0.1, -0.05) is 18.2 Å². The standard InChI is InChI=1S/C27H31NO7/c1-26(2,3)35-25(31)28-14-12-27(13-15-28)16-20(18-8-10-19(11-9-18)24(29)30)23-21(33-17-32-4)6-5-7-22(23)34-27/h5-11,16H,12-15,17H2,1-4H3,(H,29,30). The predicted octanol–water partition coefficient (Wildman–Crippen LogP) is 4.96. The van der Waals surface area contributed by atoms with Crippen molar-refractivity contribution in [2.75, 3.05) is 27.0 Å². The minimum absolute atomic E-state index is 0.0810. The summed E-state index contributed by atoms with van der Waals surface area (Å²) in [5.41, 5.74) is 1.56. The van der Waals surface area contributed by atoms with E-state index in [2.05, 4.69) is 6.08 Å². The van der Waals surface area contributed by atoms with Gasteiger partial charge in [0.05, 0.1) is 11.1 Å². The van der Waals surface area contributed by atoms with Gasteiger partial charge in [-0.15, -0.1) is 0 Å². The van der Waals surface area contributed by atoms with Gasteiger partial charge >= 0.3 is 12.1 Å². The van der Waals surface area contributed by atoms with Gasteiger partial charge in [-0.25, -0.2) is 9.59 Å². The van der Waals surface area contributed by atoms with Crippen LogP contribution in [0.5, 0.6) is 11.5 Å². The number of fused-ring (bicyclic) bond motifs is 1. The summed E-state index contributed by atoms with van der Waals surface area (Å²) in [6, 6.07) is 12.4. The molecule has 0 unspecified atom stereocenters. The molecular formula is C27H31NO7. The Morgan fingerprint density at radius 3 is 2.37 bits per heavy atom. The molecule has 1 spiro atoms.